The van der Waals surface area contributed by atoms with Crippen LogP contribution >= 0.6 is 0 Å². The molecular weight excluding hydrogens is 140 g/mol. The smallest absolute Gasteiger partial charge is 0.298 e. The van der Waals surface area contributed by atoms with E-state index in [-0.39, 0.29) is 11.9 Å². The molecule has 0 radical (unpaired) electrons. The first-order valence-corrected chi connectivity index (χ1v) is 3.75. The summed E-state index contributed by atoms with van der Waals surface area (Å²) in [7, 11) is 0. The molecule has 1 heterocycles. The number of carbonyl (C=O) groups excluding carboxylic acids is 1. The third-order valence-electron chi connectivity index (χ3n) is 1.95. The van der Waals surface area contributed by atoms with Crippen molar-refractivity contribution in [3.8, 4) is 12.3 Å². The van der Waals surface area contributed by atoms with Crippen molar-refractivity contribution >= 4 is 5.91 Å². The molecule has 11 heavy (non-hydrogen) atoms. The molecule has 3 heteroatoms. The van der Waals surface area contributed by atoms with Crippen LogP contribution in [0.2, 0.25) is 0 Å². The Labute approximate surface area is 66.5 Å². The number of carbonyl (C=O) groups is 1. The zero-order valence-electron chi connectivity index (χ0n) is 6.42. The van der Waals surface area contributed by atoms with Crippen molar-refractivity contribution in [3.63, 3.8) is 0 Å². The van der Waals surface area contributed by atoms with Gasteiger partial charge in [-0.1, -0.05) is 0 Å². The largest absolute Gasteiger partial charge is 0.332 e. The first-order valence-electron chi connectivity index (χ1n) is 3.75. The molecule has 0 atom stereocenters. The minimum absolute atomic E-state index is 0.211. The van der Waals surface area contributed by atoms with Crippen LogP contribution in [-0.4, -0.2) is 29.9 Å². The second kappa shape index (κ2) is 3.40. The molecule has 0 saturated carbocycles. The van der Waals surface area contributed by atoms with Gasteiger partial charge in [-0.05, 0) is 18.8 Å². The molecule has 0 bridgehead atoms. The summed E-state index contributed by atoms with van der Waals surface area (Å²) in [6, 6.07) is 0.247. The lowest BCUT2D eigenvalue weighted by atomic mass is 10.1. The summed E-state index contributed by atoms with van der Waals surface area (Å²) in [5.74, 6) is 1.88. The second-order valence-corrected chi connectivity index (χ2v) is 2.77. The van der Waals surface area contributed by atoms with Crippen LogP contribution in [0.5, 0.6) is 0 Å². The summed E-state index contributed by atoms with van der Waals surface area (Å²) in [4.78, 5) is 12.6. The van der Waals surface area contributed by atoms with Crippen molar-refractivity contribution in [3.05, 3.63) is 0 Å². The Morgan fingerprint density at radius 3 is 2.55 bits per heavy atom. The summed E-state index contributed by atoms with van der Waals surface area (Å²) in [5.41, 5.74) is 5.65. The van der Waals surface area contributed by atoms with Gasteiger partial charge in [-0.25, -0.2) is 0 Å². The average molecular weight is 152 g/mol. The highest BCUT2D eigenvalue weighted by Gasteiger charge is 2.18. The molecule has 1 fully saturated rings. The van der Waals surface area contributed by atoms with Crippen molar-refractivity contribution in [1.29, 1.82) is 0 Å². The van der Waals surface area contributed by atoms with Crippen LogP contribution in [0.4, 0.5) is 0 Å². The van der Waals surface area contributed by atoms with Crippen LogP contribution in [0.25, 0.3) is 0 Å². The Bertz CT molecular complexity index is 187. The van der Waals surface area contributed by atoms with Crippen LogP contribution in [0.3, 0.4) is 0 Å². The highest BCUT2D eigenvalue weighted by atomic mass is 16.2. The Morgan fingerprint density at radius 1 is 1.55 bits per heavy atom. The lowest BCUT2D eigenvalue weighted by molar-refractivity contribution is -0.126. The van der Waals surface area contributed by atoms with Crippen LogP contribution in [0.15, 0.2) is 0 Å². The summed E-state index contributed by atoms with van der Waals surface area (Å²) >= 11 is 0. The standard InChI is InChI=1S/C8H12N2O/c1-2-8(11)10-5-3-7(9)4-6-10/h1,7H,3-6,9H2. The normalized spacial score (nSPS) is 19.5. The van der Waals surface area contributed by atoms with Crippen molar-refractivity contribution in [2.45, 2.75) is 18.9 Å². The quantitative estimate of drug-likeness (QED) is 0.479. The highest BCUT2D eigenvalue weighted by molar-refractivity contribution is 5.92. The van der Waals surface area contributed by atoms with Crippen molar-refractivity contribution in [2.75, 3.05) is 13.1 Å². The molecule has 2 N–H and O–H groups in total. The van der Waals surface area contributed by atoms with Crippen LogP contribution in [0.1, 0.15) is 12.8 Å². The van der Waals surface area contributed by atoms with Gasteiger partial charge >= 0.3 is 0 Å². The molecule has 1 rings (SSSR count). The van der Waals surface area contributed by atoms with Crippen LogP contribution in [-0.2, 0) is 4.79 Å². The Balaban J connectivity index is 2.40. The number of rotatable bonds is 0. The van der Waals surface area contributed by atoms with Crippen molar-refractivity contribution in [2.24, 2.45) is 5.73 Å². The third-order valence-corrected chi connectivity index (χ3v) is 1.95. The zero-order valence-corrected chi connectivity index (χ0v) is 6.42. The second-order valence-electron chi connectivity index (χ2n) is 2.77. The summed E-state index contributed by atoms with van der Waals surface area (Å²) in [6.07, 6.45) is 6.70. The maximum Gasteiger partial charge on any atom is 0.298 e. The summed E-state index contributed by atoms with van der Waals surface area (Å²) in [5, 5.41) is 0. The van der Waals surface area contributed by atoms with Gasteiger partial charge in [-0.2, -0.15) is 0 Å². The molecule has 0 aliphatic carbocycles. The summed E-state index contributed by atoms with van der Waals surface area (Å²) in [6.45, 7) is 1.42. The lowest BCUT2D eigenvalue weighted by Crippen LogP contribution is -2.42. The fourth-order valence-corrected chi connectivity index (χ4v) is 1.19. The number of nitrogens with two attached hydrogens (primary N) is 1. The van der Waals surface area contributed by atoms with E-state index in [9.17, 15) is 4.79 Å². The molecule has 1 aliphatic rings. The number of terminal acetylenes is 1. The van der Waals surface area contributed by atoms with Crippen LogP contribution < -0.4 is 5.73 Å². The average Bonchev–Trinajstić information content (AvgIpc) is 2.05. The van der Waals surface area contributed by atoms with Gasteiger partial charge in [0.2, 0.25) is 0 Å². The van der Waals surface area contributed by atoms with Gasteiger partial charge in [0.25, 0.3) is 5.91 Å². The monoisotopic (exact) mass is 152 g/mol. The minimum atomic E-state index is -0.211. The fraction of sp³-hybridized carbons (Fsp3) is 0.625. The van der Waals surface area contributed by atoms with E-state index in [0.717, 1.165) is 12.8 Å². The SMILES string of the molecule is C#CC(=O)N1CCC(N)CC1. The highest BCUT2D eigenvalue weighted by Crippen LogP contribution is 2.07. The number of hydrogen-bond donors (Lipinski definition) is 1. The van der Waals surface area contributed by atoms with E-state index in [2.05, 4.69) is 5.92 Å². The number of hydrogen-bond acceptors (Lipinski definition) is 2. The van der Waals surface area contributed by atoms with Gasteiger partial charge in [-0.15, -0.1) is 6.42 Å². The molecular formula is C8H12N2O. The predicted molar refractivity (Wildman–Crippen MR) is 42.6 cm³/mol. The molecule has 1 aliphatic heterocycles. The van der Waals surface area contributed by atoms with E-state index in [4.69, 9.17) is 12.2 Å². The topological polar surface area (TPSA) is 46.3 Å². The van der Waals surface area contributed by atoms with E-state index < -0.39 is 0 Å². The molecule has 3 nitrogen and oxygen atoms in total. The van der Waals surface area contributed by atoms with Crippen molar-refractivity contribution < 1.29 is 4.79 Å². The molecule has 0 spiro atoms. The molecule has 0 aromatic rings. The molecule has 0 aromatic heterocycles. The van der Waals surface area contributed by atoms with Gasteiger partial charge in [0.1, 0.15) is 0 Å². The van der Waals surface area contributed by atoms with Gasteiger partial charge in [-0.3, -0.25) is 4.79 Å². The number of nitrogens with zero attached hydrogens (tertiary/aromatic N) is 1. The zero-order chi connectivity index (χ0) is 8.27. The van der Waals surface area contributed by atoms with Gasteiger partial charge in [0.05, 0.1) is 0 Å². The molecule has 0 unspecified atom stereocenters. The van der Waals surface area contributed by atoms with E-state index >= 15 is 0 Å². The van der Waals surface area contributed by atoms with E-state index in [1.807, 2.05) is 0 Å². The van der Waals surface area contributed by atoms with Crippen LogP contribution in [0, 0.1) is 12.3 Å². The maximum absolute atomic E-state index is 10.9. The lowest BCUT2D eigenvalue weighted by Gasteiger charge is -2.28. The predicted octanol–water partition coefficient (Wildman–Crippen LogP) is -0.431. The third kappa shape index (κ3) is 1.95. The first kappa shape index (κ1) is 8.09. The molecule has 1 saturated heterocycles. The number of piperidine rings is 1. The number of likely N-dealkylation sites (tertiary alicyclic amines) is 1. The van der Waals surface area contributed by atoms with Gasteiger partial charge < -0.3 is 10.6 Å². The Kier molecular flexibility index (Phi) is 2.50. The van der Waals surface area contributed by atoms with E-state index in [1.165, 1.54) is 0 Å². The van der Waals surface area contributed by atoms with E-state index in [0.29, 0.717) is 13.1 Å². The molecule has 60 valence electrons. The molecule has 0 aromatic carbocycles. The maximum atomic E-state index is 10.9. The Morgan fingerprint density at radius 2 is 2.09 bits per heavy atom. The Hall–Kier alpha value is -1.01. The minimum Gasteiger partial charge on any atom is -0.332 e. The van der Waals surface area contributed by atoms with E-state index in [1.54, 1.807) is 4.90 Å². The number of amides is 1. The first-order chi connectivity index (χ1) is 5.24. The van der Waals surface area contributed by atoms with Gasteiger partial charge in [0.15, 0.2) is 0 Å². The van der Waals surface area contributed by atoms with Gasteiger partial charge in [0, 0.05) is 19.1 Å². The van der Waals surface area contributed by atoms with Crippen molar-refractivity contribution in [1.82, 2.24) is 4.90 Å². The summed E-state index contributed by atoms with van der Waals surface area (Å²) < 4.78 is 0. The molecule has 1 amide bonds. The fourth-order valence-electron chi connectivity index (χ4n) is 1.19.